The maximum atomic E-state index is 11.4. The van der Waals surface area contributed by atoms with Gasteiger partial charge >= 0.3 is 5.97 Å². The van der Waals surface area contributed by atoms with Crippen LogP contribution in [-0.4, -0.2) is 25.8 Å². The number of carboxylic acids is 1. The number of rotatable bonds is 3. The van der Waals surface area contributed by atoms with E-state index in [-0.39, 0.29) is 5.56 Å². The van der Waals surface area contributed by atoms with Crippen molar-refractivity contribution in [1.82, 2.24) is 14.8 Å². The van der Waals surface area contributed by atoms with Crippen LogP contribution < -0.4 is 0 Å². The molecule has 3 rings (SSSR count). The zero-order valence-corrected chi connectivity index (χ0v) is 12.9. The van der Waals surface area contributed by atoms with Gasteiger partial charge in [-0.2, -0.15) is 5.10 Å². The maximum absolute atomic E-state index is 11.4. The first kappa shape index (κ1) is 13.7. The fourth-order valence-electron chi connectivity index (χ4n) is 1.98. The largest absolute Gasteiger partial charge is 0.478 e. The Morgan fingerprint density at radius 3 is 2.38 bits per heavy atom. The molecule has 0 atom stereocenters. The minimum absolute atomic E-state index is 0.174. The molecule has 5 nitrogen and oxygen atoms in total. The Morgan fingerprint density at radius 1 is 1.10 bits per heavy atom. The fraction of sp³-hybridized carbons (Fsp3) is 0. The van der Waals surface area contributed by atoms with E-state index in [1.54, 1.807) is 29.2 Å². The number of hydrogen-bond donors (Lipinski definition) is 1. The number of carbonyl (C=O) groups is 1. The lowest BCUT2D eigenvalue weighted by atomic mass is 10.1. The predicted octanol–water partition coefficient (Wildman–Crippen LogP) is 3.24. The molecule has 0 aliphatic heterocycles. The second kappa shape index (κ2) is 5.65. The summed E-state index contributed by atoms with van der Waals surface area (Å²) in [4.78, 5) is 15.4. The first-order valence-corrected chi connectivity index (χ1v) is 7.22. The summed E-state index contributed by atoms with van der Waals surface area (Å²) in [7, 11) is 0. The average Bonchev–Trinajstić information content (AvgIpc) is 2.94. The van der Waals surface area contributed by atoms with Gasteiger partial charge in [0.25, 0.3) is 0 Å². The van der Waals surface area contributed by atoms with E-state index < -0.39 is 5.97 Å². The molecular weight excluding hydrogens is 381 g/mol. The van der Waals surface area contributed by atoms with E-state index in [0.29, 0.717) is 5.69 Å². The smallest absolute Gasteiger partial charge is 0.339 e. The maximum Gasteiger partial charge on any atom is 0.339 e. The normalized spacial score (nSPS) is 10.5. The van der Waals surface area contributed by atoms with Crippen LogP contribution in [0.25, 0.3) is 16.9 Å². The second-order valence-electron chi connectivity index (χ2n) is 4.35. The monoisotopic (exact) mass is 391 g/mol. The van der Waals surface area contributed by atoms with Gasteiger partial charge in [-0.3, -0.25) is 4.98 Å². The van der Waals surface area contributed by atoms with Crippen molar-refractivity contribution in [3.05, 3.63) is 64.1 Å². The molecule has 1 aromatic carbocycles. The fourth-order valence-corrected chi connectivity index (χ4v) is 2.34. The predicted molar refractivity (Wildman–Crippen MR) is 86.5 cm³/mol. The number of aromatic carboxylic acids is 1. The number of pyridine rings is 1. The summed E-state index contributed by atoms with van der Waals surface area (Å²) in [5, 5.41) is 13.8. The van der Waals surface area contributed by atoms with Gasteiger partial charge in [0.15, 0.2) is 0 Å². The summed E-state index contributed by atoms with van der Waals surface area (Å²) in [6.45, 7) is 0. The first-order chi connectivity index (χ1) is 10.1. The average molecular weight is 391 g/mol. The highest BCUT2D eigenvalue weighted by Gasteiger charge is 2.17. The zero-order chi connectivity index (χ0) is 14.8. The Hall–Kier alpha value is -2.22. The molecule has 3 aromatic rings. The van der Waals surface area contributed by atoms with Gasteiger partial charge in [-0.1, -0.05) is 12.1 Å². The standard InChI is InChI=1S/C15H10IN3O2/c16-11-3-1-10(2-4-11)14-13(15(20)21)9-19(18-14)12-5-7-17-8-6-12/h1-9H,(H,20,21). The van der Waals surface area contributed by atoms with Crippen molar-refractivity contribution in [1.29, 1.82) is 0 Å². The van der Waals surface area contributed by atoms with Crippen molar-refractivity contribution < 1.29 is 9.90 Å². The molecule has 0 bridgehead atoms. The molecule has 0 radical (unpaired) electrons. The van der Waals surface area contributed by atoms with Gasteiger partial charge in [0.05, 0.1) is 5.69 Å². The topological polar surface area (TPSA) is 68.0 Å². The molecule has 0 unspecified atom stereocenters. The lowest BCUT2D eigenvalue weighted by molar-refractivity contribution is 0.0697. The van der Waals surface area contributed by atoms with Crippen molar-refractivity contribution in [2.45, 2.75) is 0 Å². The summed E-state index contributed by atoms with van der Waals surface area (Å²) in [6.07, 6.45) is 4.80. The van der Waals surface area contributed by atoms with Crippen molar-refractivity contribution in [3.63, 3.8) is 0 Å². The molecule has 0 fully saturated rings. The molecule has 0 spiro atoms. The van der Waals surface area contributed by atoms with Gasteiger partial charge in [0, 0.05) is 27.7 Å². The minimum Gasteiger partial charge on any atom is -0.478 e. The van der Waals surface area contributed by atoms with E-state index in [4.69, 9.17) is 0 Å². The third-order valence-electron chi connectivity index (χ3n) is 2.99. The minimum atomic E-state index is -0.996. The van der Waals surface area contributed by atoms with E-state index in [0.717, 1.165) is 14.8 Å². The van der Waals surface area contributed by atoms with Crippen LogP contribution in [0.5, 0.6) is 0 Å². The van der Waals surface area contributed by atoms with Crippen molar-refractivity contribution in [2.24, 2.45) is 0 Å². The number of carboxylic acid groups (broad SMARTS) is 1. The first-order valence-electron chi connectivity index (χ1n) is 6.14. The van der Waals surface area contributed by atoms with Gasteiger partial charge in [-0.05, 0) is 46.9 Å². The summed E-state index contributed by atoms with van der Waals surface area (Å²) < 4.78 is 2.64. The molecule has 1 N–H and O–H groups in total. The highest BCUT2D eigenvalue weighted by molar-refractivity contribution is 14.1. The van der Waals surface area contributed by atoms with E-state index in [2.05, 4.69) is 32.7 Å². The Bertz CT molecular complexity index is 782. The number of nitrogens with zero attached hydrogens (tertiary/aromatic N) is 3. The van der Waals surface area contributed by atoms with Crippen molar-refractivity contribution in [3.8, 4) is 16.9 Å². The third-order valence-corrected chi connectivity index (χ3v) is 3.71. The lowest BCUT2D eigenvalue weighted by Gasteiger charge is -2.00. The van der Waals surface area contributed by atoms with E-state index in [1.165, 1.54) is 6.20 Å². The Kier molecular flexibility index (Phi) is 3.70. The van der Waals surface area contributed by atoms with Crippen LogP contribution in [-0.2, 0) is 0 Å². The summed E-state index contributed by atoms with van der Waals surface area (Å²) >= 11 is 2.20. The SMILES string of the molecule is O=C(O)c1cn(-c2ccncc2)nc1-c1ccc(I)cc1. The quantitative estimate of drug-likeness (QED) is 0.697. The number of hydrogen-bond acceptors (Lipinski definition) is 3. The van der Waals surface area contributed by atoms with Gasteiger partial charge < -0.3 is 5.11 Å². The Morgan fingerprint density at radius 2 is 1.76 bits per heavy atom. The van der Waals surface area contributed by atoms with Gasteiger partial charge in [-0.25, -0.2) is 9.48 Å². The molecule has 0 aliphatic rings. The highest BCUT2D eigenvalue weighted by Crippen LogP contribution is 2.24. The molecule has 0 saturated carbocycles. The number of halogens is 1. The molecule has 0 saturated heterocycles. The summed E-state index contributed by atoms with van der Waals surface area (Å²) in [6, 6.07) is 11.1. The van der Waals surface area contributed by atoms with Crippen LogP contribution in [0.4, 0.5) is 0 Å². The van der Waals surface area contributed by atoms with Gasteiger partial charge in [-0.15, -0.1) is 0 Å². The van der Waals surface area contributed by atoms with Gasteiger partial charge in [0.1, 0.15) is 11.3 Å². The molecule has 21 heavy (non-hydrogen) atoms. The third kappa shape index (κ3) is 2.80. The molecule has 2 heterocycles. The van der Waals surface area contributed by atoms with Crippen LogP contribution in [0.3, 0.4) is 0 Å². The molecular formula is C15H10IN3O2. The highest BCUT2D eigenvalue weighted by atomic mass is 127. The van der Waals surface area contributed by atoms with Crippen molar-refractivity contribution in [2.75, 3.05) is 0 Å². The van der Waals surface area contributed by atoms with Gasteiger partial charge in [0.2, 0.25) is 0 Å². The molecule has 0 amide bonds. The number of aromatic nitrogens is 3. The van der Waals surface area contributed by atoms with E-state index in [9.17, 15) is 9.90 Å². The molecule has 0 aliphatic carbocycles. The lowest BCUT2D eigenvalue weighted by Crippen LogP contribution is -1.96. The van der Waals surface area contributed by atoms with E-state index in [1.807, 2.05) is 24.3 Å². The second-order valence-corrected chi connectivity index (χ2v) is 5.60. The Labute approximate surface area is 134 Å². The summed E-state index contributed by atoms with van der Waals surface area (Å²) in [5.74, 6) is -0.996. The van der Waals surface area contributed by atoms with Crippen LogP contribution >= 0.6 is 22.6 Å². The van der Waals surface area contributed by atoms with Crippen LogP contribution in [0, 0.1) is 3.57 Å². The summed E-state index contributed by atoms with van der Waals surface area (Å²) in [5.41, 5.74) is 2.17. The number of benzene rings is 1. The zero-order valence-electron chi connectivity index (χ0n) is 10.8. The molecule has 6 heteroatoms. The van der Waals surface area contributed by atoms with E-state index >= 15 is 0 Å². The molecule has 104 valence electrons. The van der Waals surface area contributed by atoms with Crippen LogP contribution in [0.15, 0.2) is 55.0 Å². The molecule has 2 aromatic heterocycles. The van der Waals surface area contributed by atoms with Crippen LogP contribution in [0.2, 0.25) is 0 Å². The Balaban J connectivity index is 2.14. The van der Waals surface area contributed by atoms with Crippen LogP contribution in [0.1, 0.15) is 10.4 Å². The van der Waals surface area contributed by atoms with Crippen molar-refractivity contribution >= 4 is 28.6 Å².